The van der Waals surface area contributed by atoms with Crippen molar-refractivity contribution < 1.29 is 29.0 Å². The molecule has 0 saturated heterocycles. The van der Waals surface area contributed by atoms with Crippen LogP contribution in [-0.2, 0) is 4.79 Å². The number of fused-ring (bicyclic) bond motifs is 1. The van der Waals surface area contributed by atoms with E-state index in [1.54, 1.807) is 0 Å². The van der Waals surface area contributed by atoms with Crippen molar-refractivity contribution in [3.8, 4) is 11.8 Å². The SMILES string of the molecule is [2H]c1c([2H])c(Nc2c(C#N)cnc3cc(OC([2H])([2H])C)c(NC(=O)/C=C/CN(C([2H])([2H])[2H])C([2H])([2H])[2H])cc23)c([2H])c(Cl)c1F. The van der Waals surface area contributed by atoms with Crippen LogP contribution in [0.2, 0.25) is 5.02 Å². The molecule has 0 spiro atoms. The molecule has 0 aliphatic heterocycles. The Hall–Kier alpha value is -3.67. The van der Waals surface area contributed by atoms with Crippen molar-refractivity contribution in [3.63, 3.8) is 0 Å². The Kier molecular flexibility index (Phi) is 4.29. The predicted octanol–water partition coefficient (Wildman–Crippen LogP) is 5.10. The van der Waals surface area contributed by atoms with E-state index < -0.39 is 67.6 Å². The molecule has 0 saturated carbocycles. The summed E-state index contributed by atoms with van der Waals surface area (Å²) in [6.45, 7) is -7.79. The minimum absolute atomic E-state index is 0.0779. The summed E-state index contributed by atoms with van der Waals surface area (Å²) in [6.07, 6.45) is 2.98. The van der Waals surface area contributed by atoms with Crippen LogP contribution in [0.1, 0.15) is 27.6 Å². The Morgan fingerprint density at radius 3 is 3.03 bits per heavy atom. The molecule has 9 heteroatoms. The van der Waals surface area contributed by atoms with Gasteiger partial charge in [-0.2, -0.15) is 5.26 Å². The lowest BCUT2D eigenvalue weighted by Crippen LogP contribution is -2.13. The van der Waals surface area contributed by atoms with Crippen LogP contribution in [0.15, 0.2) is 48.6 Å². The van der Waals surface area contributed by atoms with Gasteiger partial charge in [-0.15, -0.1) is 0 Å². The summed E-state index contributed by atoms with van der Waals surface area (Å²) in [7, 11) is 0. The number of amides is 1. The Balaban J connectivity index is 2.13. The Morgan fingerprint density at radius 2 is 2.30 bits per heavy atom. The number of pyridine rings is 1. The van der Waals surface area contributed by atoms with Crippen molar-refractivity contribution in [3.05, 3.63) is 65.0 Å². The van der Waals surface area contributed by atoms with E-state index in [1.807, 2.05) is 6.07 Å². The third-order valence-corrected chi connectivity index (χ3v) is 4.35. The lowest BCUT2D eigenvalue weighted by Gasteiger charge is -2.16. The normalized spacial score (nSPS) is 17.1. The van der Waals surface area contributed by atoms with E-state index in [9.17, 15) is 14.4 Å². The lowest BCUT2D eigenvalue weighted by atomic mass is 10.1. The molecule has 1 amide bonds. The number of benzene rings is 2. The van der Waals surface area contributed by atoms with Gasteiger partial charge in [0, 0.05) is 44.2 Å². The number of carbonyl (C=O) groups is 1. The van der Waals surface area contributed by atoms with Gasteiger partial charge >= 0.3 is 0 Å². The fourth-order valence-electron chi connectivity index (χ4n) is 2.73. The van der Waals surface area contributed by atoms with Crippen molar-refractivity contribution in [1.29, 1.82) is 5.26 Å². The molecule has 3 rings (SSSR count). The van der Waals surface area contributed by atoms with Gasteiger partial charge in [-0.25, -0.2) is 4.39 Å². The number of hydrogen-bond donors (Lipinski definition) is 2. The molecule has 2 N–H and O–H groups in total. The number of halogens is 2. The van der Waals surface area contributed by atoms with Gasteiger partial charge in [0.1, 0.15) is 17.6 Å². The summed E-state index contributed by atoms with van der Waals surface area (Å²) in [5.74, 6) is -2.39. The molecule has 2 aromatic carbocycles. The molecule has 0 fully saturated rings. The van der Waals surface area contributed by atoms with Gasteiger partial charge in [0.25, 0.3) is 0 Å². The average Bonchev–Trinajstić information content (AvgIpc) is 2.89. The lowest BCUT2D eigenvalue weighted by molar-refractivity contribution is -0.111. The second-order valence-electron chi connectivity index (χ2n) is 6.34. The second kappa shape index (κ2) is 10.8. The van der Waals surface area contributed by atoms with Crippen LogP contribution >= 0.6 is 11.6 Å². The van der Waals surface area contributed by atoms with E-state index in [4.69, 9.17) is 31.4 Å². The number of rotatable bonds is 8. The van der Waals surface area contributed by atoms with E-state index in [0.29, 0.717) is 0 Å². The number of likely N-dealkylation sites (N-methyl/N-ethyl adjacent to an activating group) is 1. The highest BCUT2D eigenvalue weighted by Crippen LogP contribution is 2.36. The van der Waals surface area contributed by atoms with Crippen LogP contribution in [0.25, 0.3) is 10.9 Å². The summed E-state index contributed by atoms with van der Waals surface area (Å²) < 4.78 is 104. The molecule has 1 aromatic heterocycles. The van der Waals surface area contributed by atoms with Crippen molar-refractivity contribution in [2.45, 2.75) is 6.92 Å². The van der Waals surface area contributed by atoms with Crippen LogP contribution in [0.3, 0.4) is 0 Å². The maximum atomic E-state index is 14.2. The first-order valence-electron chi connectivity index (χ1n) is 14.7. The molecule has 0 radical (unpaired) electrons. The smallest absolute Gasteiger partial charge is 0.248 e. The number of hydrogen-bond acceptors (Lipinski definition) is 6. The van der Waals surface area contributed by atoms with Crippen molar-refractivity contribution in [2.24, 2.45) is 0 Å². The zero-order chi connectivity index (χ0) is 33.4. The van der Waals surface area contributed by atoms with Crippen LogP contribution in [0.5, 0.6) is 5.75 Å². The molecule has 1 heterocycles. The van der Waals surface area contributed by atoms with Crippen molar-refractivity contribution in [2.75, 3.05) is 37.7 Å². The fourth-order valence-corrected chi connectivity index (χ4v) is 2.87. The van der Waals surface area contributed by atoms with Crippen LogP contribution in [-0.4, -0.2) is 42.8 Å². The van der Waals surface area contributed by atoms with Crippen molar-refractivity contribution >= 4 is 45.5 Å². The molecule has 33 heavy (non-hydrogen) atoms. The van der Waals surface area contributed by atoms with E-state index in [0.717, 1.165) is 25.3 Å². The Labute approximate surface area is 211 Å². The monoisotopic (exact) mass is 478 g/mol. The molecule has 3 aromatic rings. The highest BCUT2D eigenvalue weighted by atomic mass is 35.5. The first-order chi connectivity index (χ1) is 20.2. The van der Waals surface area contributed by atoms with Crippen molar-refractivity contribution in [1.82, 2.24) is 9.88 Å². The molecule has 170 valence electrons. The topological polar surface area (TPSA) is 90.3 Å². The first-order valence-corrected chi connectivity index (χ1v) is 9.56. The van der Waals surface area contributed by atoms with Gasteiger partial charge in [0.2, 0.25) is 5.91 Å². The molecular formula is C24H23ClFN5O2. The Bertz CT molecular complexity index is 1640. The number of nitriles is 1. The van der Waals surface area contributed by atoms with Gasteiger partial charge in [-0.3, -0.25) is 9.78 Å². The van der Waals surface area contributed by atoms with Gasteiger partial charge < -0.3 is 20.3 Å². The quantitative estimate of drug-likeness (QED) is 0.438. The maximum absolute atomic E-state index is 14.2. The summed E-state index contributed by atoms with van der Waals surface area (Å²) in [6, 6.07) is 2.04. The van der Waals surface area contributed by atoms with E-state index in [1.165, 1.54) is 12.1 Å². The fraction of sp³-hybridized carbons (Fsp3) is 0.208. The molecule has 0 atom stereocenters. The van der Waals surface area contributed by atoms with Crippen LogP contribution in [0.4, 0.5) is 21.5 Å². The van der Waals surface area contributed by atoms with Crippen LogP contribution in [0, 0.1) is 17.1 Å². The number of aromatic nitrogens is 1. The number of carbonyl (C=O) groups excluding carboxylic acids is 1. The molecular weight excluding hydrogens is 445 g/mol. The highest BCUT2D eigenvalue weighted by Gasteiger charge is 2.15. The largest absolute Gasteiger partial charge is 0.492 e. The minimum atomic E-state index is -2.99. The molecule has 0 aliphatic carbocycles. The van der Waals surface area contributed by atoms with E-state index in [-0.39, 0.29) is 38.5 Å². The number of anilines is 3. The molecule has 0 bridgehead atoms. The van der Waals surface area contributed by atoms with Gasteiger partial charge in [0.05, 0.1) is 40.9 Å². The molecule has 0 aliphatic rings. The summed E-state index contributed by atoms with van der Waals surface area (Å²) in [4.78, 5) is 17.2. The minimum Gasteiger partial charge on any atom is -0.492 e. The number of nitrogens with one attached hydrogen (secondary N) is 2. The predicted molar refractivity (Wildman–Crippen MR) is 129 cm³/mol. The van der Waals surface area contributed by atoms with Crippen LogP contribution < -0.4 is 15.4 Å². The maximum Gasteiger partial charge on any atom is 0.248 e. The Morgan fingerprint density at radius 1 is 1.48 bits per heavy atom. The van der Waals surface area contributed by atoms with Gasteiger partial charge in [0.15, 0.2) is 0 Å². The summed E-state index contributed by atoms with van der Waals surface area (Å²) in [5.41, 5.74) is -0.698. The number of nitrogens with zero attached hydrogens (tertiary/aromatic N) is 3. The molecule has 0 unspecified atom stereocenters. The first kappa shape index (κ1) is 13.1. The second-order valence-corrected chi connectivity index (χ2v) is 6.71. The van der Waals surface area contributed by atoms with Gasteiger partial charge in [-0.05, 0) is 45.1 Å². The summed E-state index contributed by atoms with van der Waals surface area (Å²) in [5, 5.41) is 14.2. The number of ether oxygens (including phenoxy) is 1. The molecule has 7 nitrogen and oxygen atoms in total. The zero-order valence-corrected chi connectivity index (χ0v) is 17.8. The summed E-state index contributed by atoms with van der Waals surface area (Å²) >= 11 is 5.84. The van der Waals surface area contributed by atoms with Gasteiger partial charge in [-0.1, -0.05) is 17.7 Å². The highest BCUT2D eigenvalue weighted by molar-refractivity contribution is 6.31. The van der Waals surface area contributed by atoms with E-state index in [2.05, 4.69) is 15.6 Å². The average molecular weight is 479 g/mol. The standard InChI is InChI=1S/C24H23ClFN5O2/c1-4-33-22-12-20-17(11-21(22)30-23(32)6-5-9-31(2)3)24(15(13-27)14-28-20)29-16-7-8-19(26)18(25)10-16/h5-8,10-12,14H,4,9H2,1-3H3,(H,28,29)(H,30,32)/b6-5+/i2D3,3D3,4D2,7D,8D,10D. The third-order valence-electron chi connectivity index (χ3n) is 4.09. The third kappa shape index (κ3) is 5.98. The zero-order valence-electron chi connectivity index (χ0n) is 28.0. The van der Waals surface area contributed by atoms with E-state index >= 15 is 0 Å².